The van der Waals surface area contributed by atoms with Crippen molar-refractivity contribution in [2.24, 2.45) is 0 Å². The molecular weight excluding hydrogens is 412 g/mol. The van der Waals surface area contributed by atoms with Crippen LogP contribution in [0.15, 0.2) is 61.2 Å². The molecule has 1 aromatic carbocycles. The summed E-state index contributed by atoms with van der Waals surface area (Å²) in [5, 5.41) is 4.79. The first-order valence-corrected chi connectivity index (χ1v) is 11.3. The van der Waals surface area contributed by atoms with Gasteiger partial charge in [-0.3, -0.25) is 9.67 Å². The largest absolute Gasteiger partial charge is 0.383 e. The lowest BCUT2D eigenvalue weighted by Crippen LogP contribution is -2.26. The highest BCUT2D eigenvalue weighted by atomic mass is 16.5. The summed E-state index contributed by atoms with van der Waals surface area (Å²) in [5.74, 6) is 0.808. The summed E-state index contributed by atoms with van der Waals surface area (Å²) >= 11 is 0. The molecule has 33 heavy (non-hydrogen) atoms. The van der Waals surface area contributed by atoms with Gasteiger partial charge in [0.1, 0.15) is 11.5 Å². The monoisotopic (exact) mass is 440 g/mol. The molecule has 1 aliphatic heterocycles. The first kappa shape index (κ1) is 21.4. The lowest BCUT2D eigenvalue weighted by molar-refractivity contribution is 0.183. The number of methoxy groups -OCH3 is 1. The van der Waals surface area contributed by atoms with Crippen molar-refractivity contribution in [3.8, 4) is 22.5 Å². The molecule has 0 amide bonds. The third-order valence-corrected chi connectivity index (χ3v) is 6.04. The van der Waals surface area contributed by atoms with Crippen molar-refractivity contribution < 1.29 is 4.74 Å². The number of ether oxygens (including phenoxy) is 1. The minimum atomic E-state index is 0.594. The second kappa shape index (κ2) is 9.60. The summed E-state index contributed by atoms with van der Waals surface area (Å²) in [6.07, 6.45) is 9.27. The fourth-order valence-electron chi connectivity index (χ4n) is 4.30. The Bertz CT molecular complexity index is 1240. The Labute approximate surface area is 194 Å². The molecule has 1 aliphatic rings. The molecule has 0 saturated heterocycles. The zero-order valence-electron chi connectivity index (χ0n) is 19.1. The third kappa shape index (κ3) is 4.84. The topological polar surface area (TPSA) is 69.0 Å². The van der Waals surface area contributed by atoms with E-state index in [9.17, 15) is 0 Å². The zero-order chi connectivity index (χ0) is 22.6. The average Bonchev–Trinajstić information content (AvgIpc) is 3.28. The molecule has 0 bridgehead atoms. The molecule has 168 valence electrons. The Morgan fingerprint density at radius 3 is 2.88 bits per heavy atom. The van der Waals surface area contributed by atoms with Crippen molar-refractivity contribution in [2.75, 3.05) is 27.3 Å². The van der Waals surface area contributed by atoms with Crippen molar-refractivity contribution in [2.45, 2.75) is 25.9 Å². The van der Waals surface area contributed by atoms with Crippen molar-refractivity contribution >= 4 is 0 Å². The van der Waals surface area contributed by atoms with E-state index in [0.29, 0.717) is 19.6 Å². The van der Waals surface area contributed by atoms with Crippen LogP contribution < -0.4 is 0 Å². The predicted octanol–water partition coefficient (Wildman–Crippen LogP) is 3.63. The second-order valence-corrected chi connectivity index (χ2v) is 8.51. The maximum Gasteiger partial charge on any atom is 0.133 e. The first-order chi connectivity index (χ1) is 16.2. The Hall–Kier alpha value is -3.42. The molecule has 3 aromatic heterocycles. The molecule has 0 aliphatic carbocycles. The van der Waals surface area contributed by atoms with Gasteiger partial charge in [-0.2, -0.15) is 5.10 Å². The number of likely N-dealkylation sites (N-methyl/N-ethyl adjacent to an activating group) is 1. The Balaban J connectivity index is 1.45. The van der Waals surface area contributed by atoms with Gasteiger partial charge in [0.25, 0.3) is 0 Å². The van der Waals surface area contributed by atoms with E-state index in [-0.39, 0.29) is 0 Å². The molecule has 0 atom stereocenters. The standard InChI is InChI=1S/C26H28N6O/c1-31-11-8-20-14-19(5-6-22(20)17-31)15-25-28-10-7-24(29-25)23-18-32(12-13-33-2)30-26(23)21-4-3-9-27-16-21/h3-7,9-10,14,16,18H,8,11-13,15,17H2,1-2H3. The van der Waals surface area contributed by atoms with Crippen LogP contribution >= 0.6 is 0 Å². The number of nitrogens with zero attached hydrogens (tertiary/aromatic N) is 6. The van der Waals surface area contributed by atoms with Gasteiger partial charge >= 0.3 is 0 Å². The zero-order valence-corrected chi connectivity index (χ0v) is 19.1. The van der Waals surface area contributed by atoms with Gasteiger partial charge in [0.2, 0.25) is 0 Å². The average molecular weight is 441 g/mol. The maximum atomic E-state index is 5.24. The molecule has 7 heteroatoms. The second-order valence-electron chi connectivity index (χ2n) is 8.51. The minimum Gasteiger partial charge on any atom is -0.383 e. The highest BCUT2D eigenvalue weighted by Crippen LogP contribution is 2.29. The summed E-state index contributed by atoms with van der Waals surface area (Å²) < 4.78 is 7.14. The van der Waals surface area contributed by atoms with E-state index in [1.807, 2.05) is 41.5 Å². The number of hydrogen-bond acceptors (Lipinski definition) is 6. The molecule has 0 radical (unpaired) electrons. The number of hydrogen-bond donors (Lipinski definition) is 0. The van der Waals surface area contributed by atoms with Crippen molar-refractivity contribution in [1.29, 1.82) is 0 Å². The van der Waals surface area contributed by atoms with Crippen LogP contribution in [0.25, 0.3) is 22.5 Å². The van der Waals surface area contributed by atoms with Gasteiger partial charge in [0, 0.05) is 62.5 Å². The van der Waals surface area contributed by atoms with Crippen LogP contribution in [0.3, 0.4) is 0 Å². The van der Waals surface area contributed by atoms with Crippen LogP contribution in [0.5, 0.6) is 0 Å². The van der Waals surface area contributed by atoms with Crippen molar-refractivity contribution in [3.05, 3.63) is 83.7 Å². The van der Waals surface area contributed by atoms with Crippen LogP contribution in [0.2, 0.25) is 0 Å². The van der Waals surface area contributed by atoms with Crippen LogP contribution in [-0.2, 0) is 30.7 Å². The normalized spacial score (nSPS) is 13.8. The number of fused-ring (bicyclic) bond motifs is 1. The van der Waals surface area contributed by atoms with Crippen LogP contribution in [0.4, 0.5) is 0 Å². The molecule has 0 N–H and O–H groups in total. The van der Waals surface area contributed by atoms with Crippen molar-refractivity contribution in [1.82, 2.24) is 29.6 Å². The molecule has 4 aromatic rings. The van der Waals surface area contributed by atoms with Gasteiger partial charge in [0.05, 0.1) is 18.8 Å². The molecule has 0 saturated carbocycles. The van der Waals surface area contributed by atoms with Crippen LogP contribution in [0.1, 0.15) is 22.5 Å². The quantitative estimate of drug-likeness (QED) is 0.437. The van der Waals surface area contributed by atoms with E-state index >= 15 is 0 Å². The summed E-state index contributed by atoms with van der Waals surface area (Å²) in [7, 11) is 3.87. The molecule has 0 spiro atoms. The van der Waals surface area contributed by atoms with Gasteiger partial charge in [-0.05, 0) is 48.4 Å². The van der Waals surface area contributed by atoms with E-state index < -0.39 is 0 Å². The minimum absolute atomic E-state index is 0.594. The van der Waals surface area contributed by atoms with Gasteiger partial charge in [-0.1, -0.05) is 18.2 Å². The molecular formula is C26H28N6O. The van der Waals surface area contributed by atoms with E-state index in [0.717, 1.165) is 47.8 Å². The first-order valence-electron chi connectivity index (χ1n) is 11.3. The molecule has 5 rings (SSSR count). The van der Waals surface area contributed by atoms with Gasteiger partial charge in [-0.25, -0.2) is 9.97 Å². The van der Waals surface area contributed by atoms with E-state index in [4.69, 9.17) is 14.8 Å². The molecule has 0 fully saturated rings. The Morgan fingerprint density at radius 1 is 1.09 bits per heavy atom. The Kier molecular flexibility index (Phi) is 6.24. The van der Waals surface area contributed by atoms with Crippen LogP contribution in [-0.4, -0.2) is 56.9 Å². The fraction of sp³-hybridized carbons (Fsp3) is 0.308. The van der Waals surface area contributed by atoms with E-state index in [1.165, 1.54) is 16.7 Å². The number of rotatable bonds is 7. The molecule has 0 unspecified atom stereocenters. The molecule has 4 heterocycles. The predicted molar refractivity (Wildman–Crippen MR) is 128 cm³/mol. The highest BCUT2D eigenvalue weighted by molar-refractivity contribution is 5.78. The SMILES string of the molecule is COCCn1cc(-c2ccnc(Cc3ccc4c(c3)CCN(C)C4)n2)c(-c2cccnc2)n1. The van der Waals surface area contributed by atoms with Crippen LogP contribution in [0, 0.1) is 0 Å². The summed E-state index contributed by atoms with van der Waals surface area (Å²) in [6, 6.07) is 12.7. The van der Waals surface area contributed by atoms with Gasteiger partial charge in [0.15, 0.2) is 0 Å². The Morgan fingerprint density at radius 2 is 2.03 bits per heavy atom. The highest BCUT2D eigenvalue weighted by Gasteiger charge is 2.17. The lowest BCUT2D eigenvalue weighted by Gasteiger charge is -2.25. The van der Waals surface area contributed by atoms with Gasteiger partial charge in [-0.15, -0.1) is 0 Å². The number of benzene rings is 1. The maximum absolute atomic E-state index is 5.24. The number of pyridine rings is 1. The fourth-order valence-corrected chi connectivity index (χ4v) is 4.30. The summed E-state index contributed by atoms with van der Waals surface area (Å²) in [6.45, 7) is 3.39. The molecule has 7 nitrogen and oxygen atoms in total. The van der Waals surface area contributed by atoms with Gasteiger partial charge < -0.3 is 9.64 Å². The van der Waals surface area contributed by atoms with E-state index in [1.54, 1.807) is 13.3 Å². The smallest absolute Gasteiger partial charge is 0.133 e. The number of aromatic nitrogens is 5. The lowest BCUT2D eigenvalue weighted by atomic mass is 9.96. The summed E-state index contributed by atoms with van der Waals surface area (Å²) in [5.41, 5.74) is 7.77. The van der Waals surface area contributed by atoms with E-state index in [2.05, 4.69) is 40.1 Å². The van der Waals surface area contributed by atoms with Crippen molar-refractivity contribution in [3.63, 3.8) is 0 Å². The summed E-state index contributed by atoms with van der Waals surface area (Å²) in [4.78, 5) is 16.1. The third-order valence-electron chi connectivity index (χ3n) is 6.04.